The number of nitrogens with zero attached hydrogens (tertiary/aromatic N) is 1. The lowest BCUT2D eigenvalue weighted by Crippen LogP contribution is -2.40. The van der Waals surface area contributed by atoms with Gasteiger partial charge in [0.15, 0.2) is 0 Å². The number of rotatable bonds is 2. The van der Waals surface area contributed by atoms with E-state index in [0.717, 1.165) is 19.4 Å². The molecule has 4 nitrogen and oxygen atoms in total. The minimum Gasteiger partial charge on any atom is -0.450 e. The highest BCUT2D eigenvalue weighted by Gasteiger charge is 2.50. The molecule has 0 bridgehead atoms. The third kappa shape index (κ3) is 3.03. The highest BCUT2D eigenvalue weighted by molar-refractivity contribution is 5.57. The van der Waals surface area contributed by atoms with Crippen LogP contribution < -0.4 is 0 Å². The molecule has 0 radical (unpaired) electrons. The highest BCUT2D eigenvalue weighted by Crippen LogP contribution is 2.40. The van der Waals surface area contributed by atoms with Crippen molar-refractivity contribution >= 4 is 6.16 Å². The molecule has 1 N–H and O–H groups in total. The summed E-state index contributed by atoms with van der Waals surface area (Å²) in [6.45, 7) is 3.88. The SMILES string of the molecule is CC1(OC(=O)O)CCc2nc(C(C)(C)C(F)(F)F)ccc2C1. The van der Waals surface area contributed by atoms with E-state index in [1.165, 1.54) is 6.07 Å². The molecule has 1 atom stereocenters. The van der Waals surface area contributed by atoms with Crippen molar-refractivity contribution in [1.82, 2.24) is 4.98 Å². The van der Waals surface area contributed by atoms with Crippen molar-refractivity contribution in [1.29, 1.82) is 0 Å². The van der Waals surface area contributed by atoms with Gasteiger partial charge in [0.1, 0.15) is 11.0 Å². The van der Waals surface area contributed by atoms with Gasteiger partial charge in [-0.05, 0) is 45.2 Å². The molecule has 0 aliphatic heterocycles. The van der Waals surface area contributed by atoms with Gasteiger partial charge in [-0.3, -0.25) is 4.98 Å². The number of hydrogen-bond acceptors (Lipinski definition) is 3. The number of pyridine rings is 1. The molecular formula is C15H18F3NO3. The van der Waals surface area contributed by atoms with Crippen LogP contribution in [0.5, 0.6) is 0 Å². The van der Waals surface area contributed by atoms with Crippen molar-refractivity contribution in [3.63, 3.8) is 0 Å². The first-order chi connectivity index (χ1) is 9.95. The molecule has 1 aromatic heterocycles. The van der Waals surface area contributed by atoms with Gasteiger partial charge in [-0.15, -0.1) is 0 Å². The molecule has 2 rings (SSSR count). The minimum atomic E-state index is -4.39. The highest BCUT2D eigenvalue weighted by atomic mass is 19.4. The van der Waals surface area contributed by atoms with Crippen LogP contribution in [0.3, 0.4) is 0 Å². The van der Waals surface area contributed by atoms with Crippen LogP contribution in [0.2, 0.25) is 0 Å². The summed E-state index contributed by atoms with van der Waals surface area (Å²) >= 11 is 0. The summed E-state index contributed by atoms with van der Waals surface area (Å²) in [6.07, 6.45) is -4.64. The van der Waals surface area contributed by atoms with Crippen LogP contribution in [0.25, 0.3) is 0 Å². The lowest BCUT2D eigenvalue weighted by molar-refractivity contribution is -0.181. The van der Waals surface area contributed by atoms with E-state index in [-0.39, 0.29) is 5.69 Å². The topological polar surface area (TPSA) is 59.4 Å². The van der Waals surface area contributed by atoms with Crippen molar-refractivity contribution < 1.29 is 27.8 Å². The summed E-state index contributed by atoms with van der Waals surface area (Å²) in [6, 6.07) is 2.95. The molecule has 1 aromatic rings. The third-order valence-electron chi connectivity index (χ3n) is 4.21. The molecule has 1 heterocycles. The summed E-state index contributed by atoms with van der Waals surface area (Å²) in [7, 11) is 0. The predicted octanol–water partition coefficient (Wildman–Crippen LogP) is 3.86. The van der Waals surface area contributed by atoms with Gasteiger partial charge in [0, 0.05) is 12.1 Å². The molecule has 1 aliphatic rings. The predicted molar refractivity (Wildman–Crippen MR) is 72.9 cm³/mol. The molecule has 1 aliphatic carbocycles. The van der Waals surface area contributed by atoms with E-state index < -0.39 is 23.3 Å². The molecule has 22 heavy (non-hydrogen) atoms. The quantitative estimate of drug-likeness (QED) is 0.841. The summed E-state index contributed by atoms with van der Waals surface area (Å²) < 4.78 is 44.2. The van der Waals surface area contributed by atoms with Crippen LogP contribution in [0.1, 0.15) is 44.1 Å². The maximum Gasteiger partial charge on any atom is 0.506 e. The molecule has 122 valence electrons. The first-order valence-electron chi connectivity index (χ1n) is 6.93. The second-order valence-corrected chi connectivity index (χ2v) is 6.42. The fourth-order valence-corrected chi connectivity index (χ4v) is 2.57. The zero-order chi connectivity index (χ0) is 16.8. The van der Waals surface area contributed by atoms with Crippen molar-refractivity contribution in [2.75, 3.05) is 0 Å². The first-order valence-corrected chi connectivity index (χ1v) is 6.93. The van der Waals surface area contributed by atoms with Gasteiger partial charge in [-0.1, -0.05) is 6.07 Å². The van der Waals surface area contributed by atoms with Gasteiger partial charge in [0.2, 0.25) is 0 Å². The maximum absolute atomic E-state index is 13.1. The van der Waals surface area contributed by atoms with E-state index in [2.05, 4.69) is 4.98 Å². The van der Waals surface area contributed by atoms with Crippen LogP contribution in [-0.4, -0.2) is 28.0 Å². The molecule has 0 aromatic carbocycles. The van der Waals surface area contributed by atoms with E-state index in [1.807, 2.05) is 0 Å². The van der Waals surface area contributed by atoms with Crippen molar-refractivity contribution in [2.24, 2.45) is 0 Å². The monoisotopic (exact) mass is 317 g/mol. The van der Waals surface area contributed by atoms with E-state index in [1.54, 1.807) is 13.0 Å². The van der Waals surface area contributed by atoms with Gasteiger partial charge < -0.3 is 9.84 Å². The second-order valence-electron chi connectivity index (χ2n) is 6.42. The van der Waals surface area contributed by atoms with Gasteiger partial charge >= 0.3 is 12.3 Å². The summed E-state index contributed by atoms with van der Waals surface area (Å²) in [5.41, 5.74) is -1.60. The van der Waals surface area contributed by atoms with Crippen molar-refractivity contribution in [2.45, 2.75) is 57.2 Å². The lowest BCUT2D eigenvalue weighted by atomic mass is 9.82. The van der Waals surface area contributed by atoms with Crippen LogP contribution in [-0.2, 0) is 23.0 Å². The average Bonchev–Trinajstić information content (AvgIpc) is 2.35. The number of halogens is 3. The molecule has 7 heteroatoms. The molecule has 0 spiro atoms. The number of aromatic nitrogens is 1. The van der Waals surface area contributed by atoms with Gasteiger partial charge in [-0.2, -0.15) is 13.2 Å². The molecular weight excluding hydrogens is 299 g/mol. The number of alkyl halides is 3. The summed E-state index contributed by atoms with van der Waals surface area (Å²) in [5, 5.41) is 8.76. The molecule has 1 unspecified atom stereocenters. The van der Waals surface area contributed by atoms with Crippen LogP contribution in [0.4, 0.5) is 18.0 Å². The van der Waals surface area contributed by atoms with E-state index in [4.69, 9.17) is 9.84 Å². The van der Waals surface area contributed by atoms with E-state index in [0.29, 0.717) is 25.0 Å². The Hall–Kier alpha value is -1.79. The third-order valence-corrected chi connectivity index (χ3v) is 4.21. The molecule has 0 fully saturated rings. The standard InChI is InChI=1S/C15H18F3NO3/c1-13(2,15(16,17)18)11-5-4-9-8-14(3,22-12(20)21)7-6-10(9)19-11/h4-5H,6-8H2,1-3H3,(H,20,21). The largest absolute Gasteiger partial charge is 0.506 e. The number of ether oxygens (including phenoxy) is 1. The average molecular weight is 317 g/mol. The Morgan fingerprint density at radius 2 is 2.00 bits per heavy atom. The Kier molecular flexibility index (Phi) is 3.87. The maximum atomic E-state index is 13.1. The fourth-order valence-electron chi connectivity index (χ4n) is 2.57. The Morgan fingerprint density at radius 3 is 2.55 bits per heavy atom. The van der Waals surface area contributed by atoms with Crippen LogP contribution in [0, 0.1) is 0 Å². The lowest BCUT2D eigenvalue weighted by Gasteiger charge is -2.34. The normalized spacial score (nSPS) is 22.1. The van der Waals surface area contributed by atoms with E-state index in [9.17, 15) is 18.0 Å². The zero-order valence-corrected chi connectivity index (χ0v) is 12.6. The Labute approximate surface area is 126 Å². The van der Waals surface area contributed by atoms with Crippen LogP contribution in [0.15, 0.2) is 12.1 Å². The van der Waals surface area contributed by atoms with Gasteiger partial charge in [-0.25, -0.2) is 4.79 Å². The second kappa shape index (κ2) is 5.14. The Morgan fingerprint density at radius 1 is 1.36 bits per heavy atom. The Balaban J connectivity index is 2.31. The number of carboxylic acid groups (broad SMARTS) is 1. The summed E-state index contributed by atoms with van der Waals surface area (Å²) in [5.74, 6) is 0. The zero-order valence-electron chi connectivity index (χ0n) is 12.6. The van der Waals surface area contributed by atoms with Gasteiger partial charge in [0.05, 0.1) is 5.69 Å². The number of aryl methyl sites for hydroxylation is 1. The molecule has 0 amide bonds. The fraction of sp³-hybridized carbons (Fsp3) is 0.600. The minimum absolute atomic E-state index is 0.0264. The Bertz CT molecular complexity index is 598. The first kappa shape index (κ1) is 16.6. The molecule has 0 saturated heterocycles. The summed E-state index contributed by atoms with van der Waals surface area (Å²) in [4.78, 5) is 14.9. The van der Waals surface area contributed by atoms with Crippen molar-refractivity contribution in [3.8, 4) is 0 Å². The number of hydrogen-bond donors (Lipinski definition) is 1. The van der Waals surface area contributed by atoms with Crippen molar-refractivity contribution in [3.05, 3.63) is 29.1 Å². The van der Waals surface area contributed by atoms with E-state index >= 15 is 0 Å². The van der Waals surface area contributed by atoms with Crippen LogP contribution >= 0.6 is 0 Å². The smallest absolute Gasteiger partial charge is 0.450 e. The molecule has 0 saturated carbocycles. The van der Waals surface area contributed by atoms with Gasteiger partial charge in [0.25, 0.3) is 0 Å². The number of carbonyl (C=O) groups is 1. The number of fused-ring (bicyclic) bond motifs is 1.